The number of hydrogen-bond acceptors (Lipinski definition) is 7. The average molecular weight is 284 g/mol. The Morgan fingerprint density at radius 3 is 1.90 bits per heavy atom. The summed E-state index contributed by atoms with van der Waals surface area (Å²) in [4.78, 5) is 35.4. The lowest BCUT2D eigenvalue weighted by molar-refractivity contribution is 0.0468. The molecule has 1 rings (SSSR count). The molecule has 0 radical (unpaired) electrons. The van der Waals surface area contributed by atoms with Crippen LogP contribution in [0, 0.1) is 6.92 Å². The maximum Gasteiger partial charge on any atom is 0.374 e. The molecular weight excluding hydrogens is 268 g/mol. The van der Waals surface area contributed by atoms with Crippen LogP contribution < -0.4 is 0 Å². The molecule has 20 heavy (non-hydrogen) atoms. The fraction of sp³-hybridized carbons (Fsp3) is 0.462. The highest BCUT2D eigenvalue weighted by Crippen LogP contribution is 2.25. The van der Waals surface area contributed by atoms with Crippen molar-refractivity contribution in [3.05, 3.63) is 22.6 Å². The molecule has 0 fully saturated rings. The van der Waals surface area contributed by atoms with Crippen LogP contribution in [0.15, 0.2) is 4.42 Å². The van der Waals surface area contributed by atoms with Crippen molar-refractivity contribution in [1.29, 1.82) is 0 Å². The number of carbonyl (C=O) groups is 3. The fourth-order valence-corrected chi connectivity index (χ4v) is 1.63. The number of methoxy groups -OCH3 is 1. The summed E-state index contributed by atoms with van der Waals surface area (Å²) in [6, 6.07) is 0. The van der Waals surface area contributed by atoms with Crippen LogP contribution in [-0.4, -0.2) is 38.2 Å². The molecule has 0 N–H and O–H groups in total. The first-order valence-electron chi connectivity index (χ1n) is 6.03. The van der Waals surface area contributed by atoms with E-state index in [9.17, 15) is 14.4 Å². The first kappa shape index (κ1) is 15.7. The van der Waals surface area contributed by atoms with E-state index in [2.05, 4.69) is 4.74 Å². The van der Waals surface area contributed by atoms with E-state index in [0.29, 0.717) is 0 Å². The Kier molecular flexibility index (Phi) is 5.31. The van der Waals surface area contributed by atoms with Crippen molar-refractivity contribution in [2.45, 2.75) is 20.8 Å². The standard InChI is InChI=1S/C13H16O7/c1-5-18-11(14)8-7(3)20-10(13(16)17-4)9(8)12(15)19-6-2/h5-6H2,1-4H3. The minimum absolute atomic E-state index is 0.0892. The van der Waals surface area contributed by atoms with Gasteiger partial charge in [-0.1, -0.05) is 0 Å². The molecular formula is C13H16O7. The molecule has 0 aliphatic rings. The number of ether oxygens (including phenoxy) is 3. The molecule has 0 amide bonds. The summed E-state index contributed by atoms with van der Waals surface area (Å²) in [6.07, 6.45) is 0. The van der Waals surface area contributed by atoms with E-state index >= 15 is 0 Å². The lowest BCUT2D eigenvalue weighted by Gasteiger charge is -2.05. The van der Waals surface area contributed by atoms with Crippen molar-refractivity contribution in [1.82, 2.24) is 0 Å². The zero-order valence-corrected chi connectivity index (χ0v) is 11.8. The number of esters is 3. The topological polar surface area (TPSA) is 92.0 Å². The molecule has 7 heteroatoms. The molecule has 0 aliphatic heterocycles. The normalized spacial score (nSPS) is 10.0. The number of carbonyl (C=O) groups excluding carboxylic acids is 3. The minimum Gasteiger partial charge on any atom is -0.463 e. The van der Waals surface area contributed by atoms with Crippen LogP contribution in [0.1, 0.15) is 50.9 Å². The van der Waals surface area contributed by atoms with Crippen LogP contribution >= 0.6 is 0 Å². The monoisotopic (exact) mass is 284 g/mol. The maximum absolute atomic E-state index is 11.9. The minimum atomic E-state index is -0.869. The average Bonchev–Trinajstić information content (AvgIpc) is 2.76. The zero-order valence-electron chi connectivity index (χ0n) is 11.8. The number of rotatable bonds is 5. The van der Waals surface area contributed by atoms with Crippen molar-refractivity contribution in [3.8, 4) is 0 Å². The zero-order chi connectivity index (χ0) is 15.3. The Balaban J connectivity index is 3.41. The van der Waals surface area contributed by atoms with Crippen LogP contribution in [0.5, 0.6) is 0 Å². The van der Waals surface area contributed by atoms with E-state index in [1.54, 1.807) is 13.8 Å². The fourth-order valence-electron chi connectivity index (χ4n) is 1.63. The SMILES string of the molecule is CCOC(=O)c1c(C)oc(C(=O)OC)c1C(=O)OCC. The van der Waals surface area contributed by atoms with Gasteiger partial charge in [-0.05, 0) is 20.8 Å². The highest BCUT2D eigenvalue weighted by atomic mass is 16.5. The van der Waals surface area contributed by atoms with Crippen molar-refractivity contribution < 1.29 is 33.0 Å². The van der Waals surface area contributed by atoms with Crippen molar-refractivity contribution in [2.24, 2.45) is 0 Å². The van der Waals surface area contributed by atoms with Gasteiger partial charge in [-0.3, -0.25) is 0 Å². The largest absolute Gasteiger partial charge is 0.463 e. The smallest absolute Gasteiger partial charge is 0.374 e. The molecule has 0 bridgehead atoms. The van der Waals surface area contributed by atoms with E-state index in [-0.39, 0.29) is 35.9 Å². The Hall–Kier alpha value is -2.31. The third-order valence-corrected chi connectivity index (χ3v) is 2.41. The molecule has 0 aliphatic carbocycles. The van der Waals surface area contributed by atoms with Crippen LogP contribution in [0.25, 0.3) is 0 Å². The van der Waals surface area contributed by atoms with Crippen molar-refractivity contribution in [3.63, 3.8) is 0 Å². The van der Waals surface area contributed by atoms with Crippen molar-refractivity contribution in [2.75, 3.05) is 20.3 Å². The van der Waals surface area contributed by atoms with Gasteiger partial charge in [0.05, 0.1) is 20.3 Å². The summed E-state index contributed by atoms with van der Waals surface area (Å²) >= 11 is 0. The second kappa shape index (κ2) is 6.74. The summed E-state index contributed by atoms with van der Waals surface area (Å²) in [7, 11) is 1.14. The van der Waals surface area contributed by atoms with Gasteiger partial charge in [-0.15, -0.1) is 0 Å². The van der Waals surface area contributed by atoms with Crippen LogP contribution in [0.3, 0.4) is 0 Å². The van der Waals surface area contributed by atoms with E-state index < -0.39 is 17.9 Å². The summed E-state index contributed by atoms with van der Waals surface area (Å²) in [6.45, 7) is 4.89. The van der Waals surface area contributed by atoms with Gasteiger partial charge >= 0.3 is 17.9 Å². The molecule has 1 heterocycles. The summed E-state index contributed by atoms with van der Waals surface area (Å²) in [5.41, 5.74) is -0.389. The molecule has 1 aromatic rings. The predicted molar refractivity (Wildman–Crippen MR) is 66.7 cm³/mol. The number of hydrogen-bond donors (Lipinski definition) is 0. The van der Waals surface area contributed by atoms with Gasteiger partial charge in [0.25, 0.3) is 0 Å². The highest BCUT2D eigenvalue weighted by molar-refractivity contribution is 6.10. The highest BCUT2D eigenvalue weighted by Gasteiger charge is 2.33. The molecule has 0 spiro atoms. The van der Waals surface area contributed by atoms with E-state index in [1.807, 2.05) is 0 Å². The third kappa shape index (κ3) is 2.98. The number of furan rings is 1. The van der Waals surface area contributed by atoms with Gasteiger partial charge < -0.3 is 18.6 Å². The Morgan fingerprint density at radius 2 is 1.45 bits per heavy atom. The van der Waals surface area contributed by atoms with Crippen LogP contribution in [-0.2, 0) is 14.2 Å². The van der Waals surface area contributed by atoms with Gasteiger partial charge in [0.1, 0.15) is 16.9 Å². The first-order chi connectivity index (χ1) is 9.47. The molecule has 1 aromatic heterocycles. The van der Waals surface area contributed by atoms with Crippen molar-refractivity contribution >= 4 is 17.9 Å². The Labute approximate surface area is 115 Å². The second-order valence-electron chi connectivity index (χ2n) is 3.67. The Morgan fingerprint density at radius 1 is 0.950 bits per heavy atom. The van der Waals surface area contributed by atoms with Gasteiger partial charge in [0.15, 0.2) is 0 Å². The van der Waals surface area contributed by atoms with Crippen LogP contribution in [0.2, 0.25) is 0 Å². The van der Waals surface area contributed by atoms with Gasteiger partial charge in [0.2, 0.25) is 5.76 Å². The molecule has 0 unspecified atom stereocenters. The quantitative estimate of drug-likeness (QED) is 0.600. The summed E-state index contributed by atoms with van der Waals surface area (Å²) < 4.78 is 19.4. The molecule has 7 nitrogen and oxygen atoms in total. The van der Waals surface area contributed by atoms with E-state index in [0.717, 1.165) is 7.11 Å². The molecule has 0 saturated carbocycles. The predicted octanol–water partition coefficient (Wildman–Crippen LogP) is 1.73. The summed E-state index contributed by atoms with van der Waals surface area (Å²) in [5, 5.41) is 0. The van der Waals surface area contributed by atoms with Gasteiger partial charge in [0, 0.05) is 0 Å². The molecule has 110 valence electrons. The molecule has 0 atom stereocenters. The maximum atomic E-state index is 11.9. The van der Waals surface area contributed by atoms with E-state index in [4.69, 9.17) is 13.9 Å². The summed E-state index contributed by atoms with van der Waals surface area (Å²) in [5.74, 6) is -2.75. The van der Waals surface area contributed by atoms with E-state index in [1.165, 1.54) is 6.92 Å². The first-order valence-corrected chi connectivity index (χ1v) is 6.03. The van der Waals surface area contributed by atoms with Gasteiger partial charge in [-0.2, -0.15) is 0 Å². The number of aryl methyl sites for hydroxylation is 1. The Bertz CT molecular complexity index is 527. The lowest BCUT2D eigenvalue weighted by Crippen LogP contribution is -2.16. The molecule has 0 aromatic carbocycles. The van der Waals surface area contributed by atoms with Crippen LogP contribution in [0.4, 0.5) is 0 Å². The van der Waals surface area contributed by atoms with Gasteiger partial charge in [-0.25, -0.2) is 14.4 Å². The lowest BCUT2D eigenvalue weighted by atomic mass is 10.1. The molecule has 0 saturated heterocycles. The third-order valence-electron chi connectivity index (χ3n) is 2.41. The second-order valence-corrected chi connectivity index (χ2v) is 3.67.